The van der Waals surface area contributed by atoms with E-state index < -0.39 is 0 Å². The predicted octanol–water partition coefficient (Wildman–Crippen LogP) is 15.5. The molecular formula is C58H37N3O. The molecule has 0 aliphatic rings. The van der Waals surface area contributed by atoms with Gasteiger partial charge in [-0.15, -0.1) is 0 Å². The van der Waals surface area contributed by atoms with Crippen molar-refractivity contribution in [1.82, 2.24) is 14.5 Å². The molecule has 0 saturated heterocycles. The Labute approximate surface area is 358 Å². The summed E-state index contributed by atoms with van der Waals surface area (Å²) in [5, 5.41) is 4.28. The van der Waals surface area contributed by atoms with Crippen molar-refractivity contribution in [2.45, 2.75) is 0 Å². The Morgan fingerprint density at radius 3 is 1.31 bits per heavy atom. The van der Waals surface area contributed by atoms with E-state index in [0.29, 0.717) is 11.5 Å². The molecule has 0 saturated carbocycles. The first-order valence-corrected chi connectivity index (χ1v) is 21.0. The fraction of sp³-hybridized carbons (Fsp3) is 0. The second kappa shape index (κ2) is 14.7. The van der Waals surface area contributed by atoms with Crippen molar-refractivity contribution in [3.63, 3.8) is 0 Å². The quantitative estimate of drug-likeness (QED) is 0.161. The maximum absolute atomic E-state index is 6.51. The van der Waals surface area contributed by atoms with Gasteiger partial charge in [-0.05, 0) is 75.8 Å². The summed E-state index contributed by atoms with van der Waals surface area (Å²) in [5.74, 6) is 0.596. The number of nitrogens with zero attached hydrogens (tertiary/aromatic N) is 3. The molecule has 0 aliphatic heterocycles. The highest BCUT2D eigenvalue weighted by atomic mass is 16.3. The average Bonchev–Trinajstić information content (AvgIpc) is 3.89. The van der Waals surface area contributed by atoms with Gasteiger partial charge in [0.05, 0.1) is 27.8 Å². The maximum atomic E-state index is 6.51. The largest absolute Gasteiger partial charge is 0.438 e. The zero-order chi connectivity index (χ0) is 41.0. The lowest BCUT2D eigenvalue weighted by Gasteiger charge is -2.21. The van der Waals surface area contributed by atoms with Crippen molar-refractivity contribution < 1.29 is 4.42 Å². The van der Waals surface area contributed by atoms with Crippen molar-refractivity contribution in [3.05, 3.63) is 224 Å². The molecule has 290 valence electrons. The molecule has 0 atom stereocenters. The summed E-state index contributed by atoms with van der Waals surface area (Å²) in [7, 11) is 0. The van der Waals surface area contributed by atoms with Crippen molar-refractivity contribution in [2.24, 2.45) is 0 Å². The van der Waals surface area contributed by atoms with E-state index in [1.165, 1.54) is 33.0 Å². The van der Waals surface area contributed by atoms with E-state index in [9.17, 15) is 0 Å². The highest BCUT2D eigenvalue weighted by Gasteiger charge is 2.24. The zero-order valence-corrected chi connectivity index (χ0v) is 33.6. The number of fused-ring (bicyclic) bond motifs is 6. The number of rotatable bonds is 7. The molecule has 0 aliphatic carbocycles. The van der Waals surface area contributed by atoms with Gasteiger partial charge in [0.15, 0.2) is 5.82 Å². The zero-order valence-electron chi connectivity index (χ0n) is 33.6. The van der Waals surface area contributed by atoms with Gasteiger partial charge in [-0.2, -0.15) is 4.98 Å². The topological polar surface area (TPSA) is 43.9 Å². The Bertz CT molecular complexity index is 3440. The van der Waals surface area contributed by atoms with E-state index in [2.05, 4.69) is 205 Å². The maximum Gasteiger partial charge on any atom is 0.231 e. The average molecular weight is 792 g/mol. The van der Waals surface area contributed by atoms with E-state index in [0.717, 1.165) is 72.2 Å². The smallest absolute Gasteiger partial charge is 0.231 e. The minimum atomic E-state index is 0.562. The van der Waals surface area contributed by atoms with E-state index in [-0.39, 0.29) is 0 Å². The number of para-hydroxylation sites is 1. The van der Waals surface area contributed by atoms with Gasteiger partial charge < -0.3 is 8.98 Å². The highest BCUT2D eigenvalue weighted by Crippen LogP contribution is 2.46. The summed E-state index contributed by atoms with van der Waals surface area (Å²) in [5.41, 5.74) is 16.4. The van der Waals surface area contributed by atoms with Crippen LogP contribution in [0.5, 0.6) is 0 Å². The second-order valence-corrected chi connectivity index (χ2v) is 15.7. The number of hydrogen-bond acceptors (Lipinski definition) is 3. The summed E-state index contributed by atoms with van der Waals surface area (Å²) in [6.07, 6.45) is 0. The molecule has 0 amide bonds. The number of benzene rings is 9. The lowest BCUT2D eigenvalue weighted by Crippen LogP contribution is -2.03. The van der Waals surface area contributed by atoms with Crippen LogP contribution in [0.4, 0.5) is 0 Å². The summed E-state index contributed by atoms with van der Waals surface area (Å²) in [6, 6.07) is 79.5. The predicted molar refractivity (Wildman–Crippen MR) is 256 cm³/mol. The minimum absolute atomic E-state index is 0.562. The van der Waals surface area contributed by atoms with Crippen molar-refractivity contribution in [1.29, 1.82) is 0 Å². The lowest BCUT2D eigenvalue weighted by atomic mass is 9.92. The van der Waals surface area contributed by atoms with Crippen LogP contribution in [0, 0.1) is 0 Å². The first-order chi connectivity index (χ1) is 30.7. The molecule has 3 aromatic heterocycles. The number of aromatic nitrogens is 3. The van der Waals surface area contributed by atoms with Crippen LogP contribution >= 0.6 is 0 Å². The molecule has 0 spiro atoms. The van der Waals surface area contributed by atoms with Crippen LogP contribution in [-0.4, -0.2) is 14.5 Å². The molecule has 0 unspecified atom stereocenters. The summed E-state index contributed by atoms with van der Waals surface area (Å²) >= 11 is 0. The Hall–Kier alpha value is -8.34. The van der Waals surface area contributed by atoms with Crippen LogP contribution in [0.25, 0.3) is 117 Å². The third kappa shape index (κ3) is 6.00. The van der Waals surface area contributed by atoms with Gasteiger partial charge in [-0.1, -0.05) is 182 Å². The molecule has 0 radical (unpaired) electrons. The third-order valence-electron chi connectivity index (χ3n) is 12.0. The summed E-state index contributed by atoms with van der Waals surface area (Å²) in [4.78, 5) is 10.6. The fourth-order valence-electron chi connectivity index (χ4n) is 9.12. The highest BCUT2D eigenvalue weighted by molar-refractivity contribution is 6.14. The molecular weight excluding hydrogens is 755 g/mol. The van der Waals surface area contributed by atoms with Gasteiger partial charge in [0.25, 0.3) is 0 Å². The van der Waals surface area contributed by atoms with Crippen LogP contribution < -0.4 is 0 Å². The molecule has 4 heteroatoms. The first-order valence-electron chi connectivity index (χ1n) is 21.0. The van der Waals surface area contributed by atoms with E-state index in [4.69, 9.17) is 14.4 Å². The van der Waals surface area contributed by atoms with Crippen LogP contribution in [0.3, 0.4) is 0 Å². The van der Waals surface area contributed by atoms with Gasteiger partial charge in [0.2, 0.25) is 5.71 Å². The second-order valence-electron chi connectivity index (χ2n) is 15.7. The molecule has 12 aromatic rings. The van der Waals surface area contributed by atoms with Crippen LogP contribution in [0.15, 0.2) is 229 Å². The molecule has 0 bridgehead atoms. The standard InChI is InChI=1S/C58H37N3O/c1-6-18-38(19-7-1)43-30-32-51-49(34-43)50-35-44(39-20-8-2-9-21-39)31-33-52(50)61(51)56-47(40-22-10-3-11-23-40)36-45(37-48(56)41-24-12-4-13-25-41)57-59-55(42-26-14-5-15-27-42)54-46-28-16-17-29-53(46)62-58(54)60-57/h1-37H. The lowest BCUT2D eigenvalue weighted by molar-refractivity contribution is 0.653. The van der Waals surface area contributed by atoms with Gasteiger partial charge in [0.1, 0.15) is 5.58 Å². The fourth-order valence-corrected chi connectivity index (χ4v) is 9.12. The first kappa shape index (κ1) is 35.6. The minimum Gasteiger partial charge on any atom is -0.438 e. The summed E-state index contributed by atoms with van der Waals surface area (Å²) in [6.45, 7) is 0. The van der Waals surface area contributed by atoms with Crippen molar-refractivity contribution >= 4 is 43.9 Å². The Balaban J connectivity index is 1.19. The van der Waals surface area contributed by atoms with Gasteiger partial charge >= 0.3 is 0 Å². The number of furan rings is 1. The van der Waals surface area contributed by atoms with Crippen LogP contribution in [-0.2, 0) is 0 Å². The monoisotopic (exact) mass is 791 g/mol. The van der Waals surface area contributed by atoms with Crippen LogP contribution in [0.2, 0.25) is 0 Å². The molecule has 12 rings (SSSR count). The van der Waals surface area contributed by atoms with Crippen molar-refractivity contribution in [2.75, 3.05) is 0 Å². The van der Waals surface area contributed by atoms with Crippen LogP contribution in [0.1, 0.15) is 0 Å². The molecule has 62 heavy (non-hydrogen) atoms. The Morgan fingerprint density at radius 2 is 0.790 bits per heavy atom. The molecule has 9 aromatic carbocycles. The third-order valence-corrected chi connectivity index (χ3v) is 12.0. The number of hydrogen-bond donors (Lipinski definition) is 0. The van der Waals surface area contributed by atoms with E-state index >= 15 is 0 Å². The summed E-state index contributed by atoms with van der Waals surface area (Å²) < 4.78 is 8.99. The van der Waals surface area contributed by atoms with Gasteiger partial charge in [-0.25, -0.2) is 4.98 Å². The molecule has 3 heterocycles. The van der Waals surface area contributed by atoms with Gasteiger partial charge in [0, 0.05) is 38.4 Å². The normalized spacial score (nSPS) is 11.5. The molecule has 0 fully saturated rings. The van der Waals surface area contributed by atoms with Crippen molar-refractivity contribution in [3.8, 4) is 72.8 Å². The Kier molecular flexibility index (Phi) is 8.46. The Morgan fingerprint density at radius 1 is 0.339 bits per heavy atom. The van der Waals surface area contributed by atoms with E-state index in [1.807, 2.05) is 24.3 Å². The van der Waals surface area contributed by atoms with Gasteiger partial charge in [-0.3, -0.25) is 0 Å². The molecule has 0 N–H and O–H groups in total. The van der Waals surface area contributed by atoms with E-state index in [1.54, 1.807) is 0 Å². The SMILES string of the molecule is c1ccc(-c2ccc3c(c2)c2cc(-c4ccccc4)ccc2n3-c2c(-c3ccccc3)cc(-c3nc(-c4ccccc4)c4c(n3)oc3ccccc34)cc2-c2ccccc2)cc1. The molecule has 4 nitrogen and oxygen atoms in total.